The van der Waals surface area contributed by atoms with E-state index in [0.717, 1.165) is 11.1 Å². The normalized spacial score (nSPS) is 12.0. The van der Waals surface area contributed by atoms with Gasteiger partial charge in [0.2, 0.25) is 6.79 Å². The van der Waals surface area contributed by atoms with E-state index in [0.29, 0.717) is 24.5 Å². The number of nitrogens with one attached hydrogen (secondary N) is 2. The predicted octanol–water partition coefficient (Wildman–Crippen LogP) is 0.983. The highest BCUT2D eigenvalue weighted by atomic mass is 16.7. The minimum atomic E-state index is -0.671. The summed E-state index contributed by atoms with van der Waals surface area (Å²) in [5, 5.41) is 5.13. The number of amides is 2. The molecule has 2 amide bonds. The molecule has 0 saturated heterocycles. The molecule has 1 aliphatic rings. The van der Waals surface area contributed by atoms with E-state index in [9.17, 15) is 9.59 Å². The van der Waals surface area contributed by atoms with E-state index in [1.165, 1.54) is 0 Å². The Morgan fingerprint density at radius 2 is 1.83 bits per heavy atom. The molecule has 0 bridgehead atoms. The molecule has 23 heavy (non-hydrogen) atoms. The maximum absolute atomic E-state index is 11.7. The van der Waals surface area contributed by atoms with Gasteiger partial charge in [-0.1, -0.05) is 6.07 Å². The second-order valence-electron chi connectivity index (χ2n) is 5.01. The van der Waals surface area contributed by atoms with E-state index in [1.54, 1.807) is 24.7 Å². The molecule has 1 aromatic carbocycles. The van der Waals surface area contributed by atoms with Crippen molar-refractivity contribution in [1.82, 2.24) is 10.6 Å². The first kappa shape index (κ1) is 15.0. The molecule has 0 spiro atoms. The third-order valence-corrected chi connectivity index (χ3v) is 3.38. The van der Waals surface area contributed by atoms with E-state index in [4.69, 9.17) is 13.9 Å². The number of benzene rings is 1. The van der Waals surface area contributed by atoms with Crippen LogP contribution in [0, 0.1) is 0 Å². The Bertz CT molecular complexity index is 697. The molecule has 2 N–H and O–H groups in total. The molecular formula is C16H16N2O5. The van der Waals surface area contributed by atoms with E-state index in [2.05, 4.69) is 10.6 Å². The first-order valence-electron chi connectivity index (χ1n) is 7.18. The van der Waals surface area contributed by atoms with Crippen LogP contribution in [-0.4, -0.2) is 25.2 Å². The van der Waals surface area contributed by atoms with Crippen molar-refractivity contribution in [1.29, 1.82) is 0 Å². The fraction of sp³-hybridized carbons (Fsp3) is 0.250. The minimum absolute atomic E-state index is 0.199. The number of furan rings is 1. The monoisotopic (exact) mass is 316 g/mol. The molecule has 0 aliphatic carbocycles. The van der Waals surface area contributed by atoms with Crippen molar-refractivity contribution in [3.63, 3.8) is 0 Å². The highest BCUT2D eigenvalue weighted by Crippen LogP contribution is 2.32. The van der Waals surface area contributed by atoms with Gasteiger partial charge in [0.1, 0.15) is 0 Å². The van der Waals surface area contributed by atoms with Crippen LogP contribution in [0.1, 0.15) is 11.1 Å². The van der Waals surface area contributed by atoms with Gasteiger partial charge in [-0.15, -0.1) is 0 Å². The number of hydrogen-bond acceptors (Lipinski definition) is 5. The van der Waals surface area contributed by atoms with Gasteiger partial charge >= 0.3 is 11.8 Å². The first-order chi connectivity index (χ1) is 11.2. The Hall–Kier alpha value is -2.96. The van der Waals surface area contributed by atoms with Gasteiger partial charge in [-0.05, 0) is 35.7 Å². The smallest absolute Gasteiger partial charge is 0.309 e. The molecule has 2 heterocycles. The lowest BCUT2D eigenvalue weighted by Gasteiger charge is -2.07. The Balaban J connectivity index is 1.42. The average molecular weight is 316 g/mol. The summed E-state index contributed by atoms with van der Waals surface area (Å²) >= 11 is 0. The van der Waals surface area contributed by atoms with E-state index in [1.807, 2.05) is 12.1 Å². The highest BCUT2D eigenvalue weighted by molar-refractivity contribution is 6.35. The van der Waals surface area contributed by atoms with Crippen LogP contribution in [-0.2, 0) is 22.6 Å². The van der Waals surface area contributed by atoms with Gasteiger partial charge in [-0.25, -0.2) is 0 Å². The molecule has 120 valence electrons. The summed E-state index contributed by atoms with van der Waals surface area (Å²) in [6.07, 6.45) is 3.78. The quantitative estimate of drug-likeness (QED) is 0.803. The van der Waals surface area contributed by atoms with Gasteiger partial charge < -0.3 is 24.5 Å². The number of rotatable bonds is 5. The second-order valence-corrected chi connectivity index (χ2v) is 5.01. The molecule has 0 saturated carbocycles. The van der Waals surface area contributed by atoms with Crippen molar-refractivity contribution >= 4 is 11.8 Å². The van der Waals surface area contributed by atoms with Crippen LogP contribution in [0.3, 0.4) is 0 Å². The summed E-state index contributed by atoms with van der Waals surface area (Å²) in [6.45, 7) is 0.810. The molecule has 0 radical (unpaired) electrons. The van der Waals surface area contributed by atoms with Crippen molar-refractivity contribution < 1.29 is 23.5 Å². The van der Waals surface area contributed by atoms with E-state index >= 15 is 0 Å². The lowest BCUT2D eigenvalue weighted by Crippen LogP contribution is -2.40. The summed E-state index contributed by atoms with van der Waals surface area (Å²) in [5.41, 5.74) is 1.79. The van der Waals surface area contributed by atoms with Crippen LogP contribution in [0.2, 0.25) is 0 Å². The van der Waals surface area contributed by atoms with Crippen LogP contribution >= 0.6 is 0 Å². The highest BCUT2D eigenvalue weighted by Gasteiger charge is 2.15. The molecule has 0 fully saturated rings. The Morgan fingerprint density at radius 3 is 2.65 bits per heavy atom. The molecule has 1 aliphatic heterocycles. The van der Waals surface area contributed by atoms with Crippen molar-refractivity contribution in [2.45, 2.75) is 13.0 Å². The van der Waals surface area contributed by atoms with Crippen LogP contribution in [0.5, 0.6) is 11.5 Å². The lowest BCUT2D eigenvalue weighted by molar-refractivity contribution is -0.139. The molecule has 7 nitrogen and oxygen atoms in total. The van der Waals surface area contributed by atoms with Crippen molar-refractivity contribution in [2.75, 3.05) is 13.3 Å². The van der Waals surface area contributed by atoms with Crippen LogP contribution in [0.25, 0.3) is 0 Å². The van der Waals surface area contributed by atoms with Crippen molar-refractivity contribution in [3.8, 4) is 11.5 Å². The van der Waals surface area contributed by atoms with Gasteiger partial charge in [-0.3, -0.25) is 9.59 Å². The summed E-state index contributed by atoms with van der Waals surface area (Å²) in [4.78, 5) is 23.4. The summed E-state index contributed by atoms with van der Waals surface area (Å²) in [6, 6.07) is 7.17. The average Bonchev–Trinajstić information content (AvgIpc) is 3.23. The number of carbonyl (C=O) groups excluding carboxylic acids is 2. The maximum atomic E-state index is 11.7. The van der Waals surface area contributed by atoms with Gasteiger partial charge in [0.05, 0.1) is 12.5 Å². The summed E-state index contributed by atoms with van der Waals surface area (Å²) in [5.74, 6) is -0.0116. The van der Waals surface area contributed by atoms with Crippen LogP contribution < -0.4 is 20.1 Å². The minimum Gasteiger partial charge on any atom is -0.472 e. The first-order valence-corrected chi connectivity index (χ1v) is 7.18. The van der Waals surface area contributed by atoms with Crippen LogP contribution in [0.15, 0.2) is 41.2 Å². The Labute approximate surface area is 132 Å². The standard InChI is InChI=1S/C16H16N2O5/c19-15(17-5-3-11-4-6-21-9-11)16(20)18-8-12-1-2-13-14(7-12)23-10-22-13/h1-2,4,6-7,9H,3,5,8,10H2,(H,17,19)(H,18,20). The molecule has 3 rings (SSSR count). The van der Waals surface area contributed by atoms with Gasteiger partial charge in [0.25, 0.3) is 0 Å². The lowest BCUT2D eigenvalue weighted by atomic mass is 10.2. The molecule has 0 unspecified atom stereocenters. The largest absolute Gasteiger partial charge is 0.472 e. The van der Waals surface area contributed by atoms with Crippen molar-refractivity contribution in [2.24, 2.45) is 0 Å². The maximum Gasteiger partial charge on any atom is 0.309 e. The van der Waals surface area contributed by atoms with E-state index in [-0.39, 0.29) is 13.3 Å². The number of ether oxygens (including phenoxy) is 2. The second kappa shape index (κ2) is 6.87. The zero-order valence-corrected chi connectivity index (χ0v) is 12.3. The Kier molecular flexibility index (Phi) is 4.46. The summed E-state index contributed by atoms with van der Waals surface area (Å²) < 4.78 is 15.4. The molecule has 1 aromatic heterocycles. The molecule has 7 heteroatoms. The zero-order valence-electron chi connectivity index (χ0n) is 12.3. The van der Waals surface area contributed by atoms with Gasteiger partial charge in [0, 0.05) is 13.1 Å². The van der Waals surface area contributed by atoms with Crippen molar-refractivity contribution in [3.05, 3.63) is 47.9 Å². The van der Waals surface area contributed by atoms with Gasteiger partial charge in [0.15, 0.2) is 11.5 Å². The topological polar surface area (TPSA) is 89.8 Å². The number of fused-ring (bicyclic) bond motifs is 1. The molecule has 0 atom stereocenters. The SMILES string of the molecule is O=C(NCCc1ccoc1)C(=O)NCc1ccc2c(c1)OCO2. The number of carbonyl (C=O) groups is 2. The predicted molar refractivity (Wildman–Crippen MR) is 79.8 cm³/mol. The molecular weight excluding hydrogens is 300 g/mol. The summed E-state index contributed by atoms with van der Waals surface area (Å²) in [7, 11) is 0. The third-order valence-electron chi connectivity index (χ3n) is 3.38. The van der Waals surface area contributed by atoms with Gasteiger partial charge in [-0.2, -0.15) is 0 Å². The van der Waals surface area contributed by atoms with E-state index < -0.39 is 11.8 Å². The zero-order chi connectivity index (χ0) is 16.1. The van der Waals surface area contributed by atoms with Crippen LogP contribution in [0.4, 0.5) is 0 Å². The fourth-order valence-corrected chi connectivity index (χ4v) is 2.15. The third kappa shape index (κ3) is 3.82. The number of hydrogen-bond donors (Lipinski definition) is 2. The molecule has 2 aromatic rings. The Morgan fingerprint density at radius 1 is 1.00 bits per heavy atom. The fourth-order valence-electron chi connectivity index (χ4n) is 2.15.